The minimum Gasteiger partial charge on any atom is -0.289 e. The van der Waals surface area contributed by atoms with Gasteiger partial charge in [0, 0.05) is 23.7 Å². The molecule has 8 nitrogen and oxygen atoms in total. The molecule has 0 aliphatic carbocycles. The topological polar surface area (TPSA) is 90.5 Å². The molecule has 1 amide bonds. The van der Waals surface area contributed by atoms with Crippen LogP contribution in [0.2, 0.25) is 0 Å². The van der Waals surface area contributed by atoms with Gasteiger partial charge in [-0.15, -0.1) is 5.10 Å². The zero-order valence-electron chi connectivity index (χ0n) is 19.4. The fourth-order valence-corrected chi connectivity index (χ4v) is 3.99. The van der Waals surface area contributed by atoms with Gasteiger partial charge < -0.3 is 0 Å². The molecule has 0 atom stereocenters. The monoisotopic (exact) mass is 451 g/mol. The molecule has 5 rings (SSSR count). The van der Waals surface area contributed by atoms with Crippen molar-refractivity contribution in [3.8, 4) is 11.3 Å². The predicted octanol–water partition coefficient (Wildman–Crippen LogP) is 4.63. The average Bonchev–Trinajstić information content (AvgIpc) is 3.45. The molecule has 3 heterocycles. The Morgan fingerprint density at radius 2 is 1.79 bits per heavy atom. The highest BCUT2D eigenvalue weighted by atomic mass is 16.1. The molecule has 0 fully saturated rings. The standard InChI is InChI=1S/C26H25N7O/c1-4-32-15-22(18(3)30-32)24-13-21(20-11-7-8-12-23(20)28-24)25(34)29-26-27-16-33(31-26)14-19-10-6-5-9-17(19)2/h5-13,15-16H,4,14H2,1-3H3,(H,29,31,34). The molecule has 0 unspecified atom stereocenters. The number of aromatic nitrogens is 6. The minimum atomic E-state index is -0.283. The summed E-state index contributed by atoms with van der Waals surface area (Å²) in [5, 5.41) is 12.6. The van der Waals surface area contributed by atoms with Gasteiger partial charge in [0.1, 0.15) is 6.33 Å². The van der Waals surface area contributed by atoms with E-state index in [2.05, 4.69) is 39.6 Å². The van der Waals surface area contributed by atoms with E-state index in [9.17, 15) is 4.79 Å². The summed E-state index contributed by atoms with van der Waals surface area (Å²) in [5.41, 5.74) is 6.07. The number of hydrogen-bond acceptors (Lipinski definition) is 5. The summed E-state index contributed by atoms with van der Waals surface area (Å²) in [6.07, 6.45) is 3.59. The molecule has 0 bridgehead atoms. The molecule has 0 saturated heterocycles. The highest BCUT2D eigenvalue weighted by Crippen LogP contribution is 2.27. The van der Waals surface area contributed by atoms with E-state index >= 15 is 0 Å². The van der Waals surface area contributed by atoms with Gasteiger partial charge in [-0.1, -0.05) is 42.5 Å². The number of para-hydroxylation sites is 1. The maximum atomic E-state index is 13.3. The second-order valence-electron chi connectivity index (χ2n) is 8.20. The predicted molar refractivity (Wildman–Crippen MR) is 132 cm³/mol. The zero-order valence-corrected chi connectivity index (χ0v) is 19.4. The third kappa shape index (κ3) is 4.17. The summed E-state index contributed by atoms with van der Waals surface area (Å²) in [7, 11) is 0. The molecule has 0 saturated carbocycles. The number of carbonyl (C=O) groups is 1. The fourth-order valence-electron chi connectivity index (χ4n) is 3.99. The molecule has 0 aliphatic rings. The number of rotatable bonds is 6. The number of nitrogens with zero attached hydrogens (tertiary/aromatic N) is 6. The van der Waals surface area contributed by atoms with Crippen LogP contribution < -0.4 is 5.32 Å². The molecule has 1 N–H and O–H groups in total. The first-order valence-corrected chi connectivity index (χ1v) is 11.2. The van der Waals surface area contributed by atoms with Crippen molar-refractivity contribution in [2.75, 3.05) is 5.32 Å². The van der Waals surface area contributed by atoms with Crippen LogP contribution >= 0.6 is 0 Å². The van der Waals surface area contributed by atoms with Crippen LogP contribution in [0.1, 0.15) is 34.1 Å². The van der Waals surface area contributed by atoms with Crippen molar-refractivity contribution in [2.45, 2.75) is 33.9 Å². The van der Waals surface area contributed by atoms with E-state index in [0.29, 0.717) is 17.8 Å². The fraction of sp³-hybridized carbons (Fsp3) is 0.192. The summed E-state index contributed by atoms with van der Waals surface area (Å²) in [4.78, 5) is 22.4. The number of nitrogens with one attached hydrogen (secondary N) is 1. The number of aryl methyl sites for hydroxylation is 3. The number of carbonyl (C=O) groups excluding carboxylic acids is 1. The quantitative estimate of drug-likeness (QED) is 0.407. The van der Waals surface area contributed by atoms with Gasteiger partial charge in [0.15, 0.2) is 0 Å². The Labute approximate surface area is 197 Å². The van der Waals surface area contributed by atoms with Crippen LogP contribution in [0.4, 0.5) is 5.95 Å². The molecule has 170 valence electrons. The number of fused-ring (bicyclic) bond motifs is 1. The maximum Gasteiger partial charge on any atom is 0.258 e. The van der Waals surface area contributed by atoms with E-state index in [1.165, 1.54) is 5.56 Å². The summed E-state index contributed by atoms with van der Waals surface area (Å²) in [6, 6.07) is 17.6. The Kier molecular flexibility index (Phi) is 5.63. The van der Waals surface area contributed by atoms with E-state index in [1.807, 2.05) is 67.2 Å². The number of amides is 1. The minimum absolute atomic E-state index is 0.260. The average molecular weight is 452 g/mol. The molecule has 3 aromatic heterocycles. The normalized spacial score (nSPS) is 11.1. The zero-order chi connectivity index (χ0) is 23.7. The van der Waals surface area contributed by atoms with Crippen molar-refractivity contribution in [1.29, 1.82) is 0 Å². The van der Waals surface area contributed by atoms with E-state index < -0.39 is 0 Å². The molecule has 34 heavy (non-hydrogen) atoms. The largest absolute Gasteiger partial charge is 0.289 e. The van der Waals surface area contributed by atoms with Crippen LogP contribution in [0.5, 0.6) is 0 Å². The van der Waals surface area contributed by atoms with Crippen molar-refractivity contribution in [1.82, 2.24) is 29.5 Å². The molecular formula is C26H25N7O. The summed E-state index contributed by atoms with van der Waals surface area (Å²) < 4.78 is 3.59. The molecule has 8 heteroatoms. The number of pyridine rings is 1. The lowest BCUT2D eigenvalue weighted by Crippen LogP contribution is -2.14. The molecule has 5 aromatic rings. The van der Waals surface area contributed by atoms with Crippen LogP contribution in [0, 0.1) is 13.8 Å². The lowest BCUT2D eigenvalue weighted by molar-refractivity contribution is 0.102. The van der Waals surface area contributed by atoms with E-state index in [-0.39, 0.29) is 11.9 Å². The summed E-state index contributed by atoms with van der Waals surface area (Å²) in [6.45, 7) is 7.39. The van der Waals surface area contributed by atoms with E-state index in [1.54, 1.807) is 11.0 Å². The van der Waals surface area contributed by atoms with Crippen molar-refractivity contribution >= 4 is 22.8 Å². The van der Waals surface area contributed by atoms with Crippen molar-refractivity contribution in [3.63, 3.8) is 0 Å². The van der Waals surface area contributed by atoms with Crippen LogP contribution in [0.25, 0.3) is 22.2 Å². The van der Waals surface area contributed by atoms with Crippen molar-refractivity contribution < 1.29 is 4.79 Å². The highest BCUT2D eigenvalue weighted by Gasteiger charge is 2.18. The van der Waals surface area contributed by atoms with Gasteiger partial charge in [-0.25, -0.2) is 14.6 Å². The maximum absolute atomic E-state index is 13.3. The Bertz CT molecular complexity index is 1500. The molecule has 0 radical (unpaired) electrons. The van der Waals surface area contributed by atoms with Crippen LogP contribution in [-0.2, 0) is 13.1 Å². The second kappa shape index (κ2) is 8.90. The van der Waals surface area contributed by atoms with Gasteiger partial charge >= 0.3 is 0 Å². The third-order valence-electron chi connectivity index (χ3n) is 5.86. The number of benzene rings is 2. The number of anilines is 1. The van der Waals surface area contributed by atoms with E-state index in [4.69, 9.17) is 4.98 Å². The Morgan fingerprint density at radius 1 is 1.00 bits per heavy atom. The van der Waals surface area contributed by atoms with Gasteiger partial charge in [-0.2, -0.15) is 5.10 Å². The Hall–Kier alpha value is -4.33. The van der Waals surface area contributed by atoms with Gasteiger partial charge in [0.05, 0.1) is 29.0 Å². The SMILES string of the molecule is CCn1cc(-c2cc(C(=O)Nc3ncn(Cc4ccccc4C)n3)c3ccccc3n2)c(C)n1. The van der Waals surface area contributed by atoms with Crippen LogP contribution in [-0.4, -0.2) is 35.4 Å². The van der Waals surface area contributed by atoms with Gasteiger partial charge in [-0.05, 0) is 44.0 Å². The van der Waals surface area contributed by atoms with Crippen LogP contribution in [0.3, 0.4) is 0 Å². The lowest BCUT2D eigenvalue weighted by atomic mass is 10.0. The second-order valence-corrected chi connectivity index (χ2v) is 8.20. The summed E-state index contributed by atoms with van der Waals surface area (Å²) in [5.74, 6) is -0.0231. The van der Waals surface area contributed by atoms with Crippen molar-refractivity contribution in [2.24, 2.45) is 0 Å². The summed E-state index contributed by atoms with van der Waals surface area (Å²) >= 11 is 0. The third-order valence-corrected chi connectivity index (χ3v) is 5.86. The smallest absolute Gasteiger partial charge is 0.258 e. The molecule has 0 aliphatic heterocycles. The van der Waals surface area contributed by atoms with Gasteiger partial charge in [-0.3, -0.25) is 14.8 Å². The Morgan fingerprint density at radius 3 is 2.59 bits per heavy atom. The molecule has 2 aromatic carbocycles. The highest BCUT2D eigenvalue weighted by molar-refractivity contribution is 6.12. The van der Waals surface area contributed by atoms with Gasteiger partial charge in [0.2, 0.25) is 5.95 Å². The first-order chi connectivity index (χ1) is 16.5. The Balaban J connectivity index is 1.46. The van der Waals surface area contributed by atoms with Crippen molar-refractivity contribution in [3.05, 3.63) is 89.5 Å². The first kappa shape index (κ1) is 21.5. The van der Waals surface area contributed by atoms with Crippen LogP contribution in [0.15, 0.2) is 67.1 Å². The molecule has 0 spiro atoms. The molecular weight excluding hydrogens is 426 g/mol. The first-order valence-electron chi connectivity index (χ1n) is 11.2. The van der Waals surface area contributed by atoms with Gasteiger partial charge in [0.25, 0.3) is 5.91 Å². The van der Waals surface area contributed by atoms with E-state index in [0.717, 1.165) is 34.3 Å². The number of hydrogen-bond donors (Lipinski definition) is 1. The lowest BCUT2D eigenvalue weighted by Gasteiger charge is -2.09.